The molecule has 0 atom stereocenters. The Morgan fingerprint density at radius 2 is 2.05 bits per heavy atom. The molecule has 2 heterocycles. The molecular formula is C16H14N2O. The normalized spacial score (nSPS) is 15.6. The van der Waals surface area contributed by atoms with Crippen LogP contribution in [0, 0.1) is 6.92 Å². The average molecular weight is 250 g/mol. The molecule has 0 aromatic heterocycles. The molecule has 3 nitrogen and oxygen atoms in total. The Morgan fingerprint density at radius 1 is 1.21 bits per heavy atom. The lowest BCUT2D eigenvalue weighted by molar-refractivity contribution is 0.102. The van der Waals surface area contributed by atoms with Crippen LogP contribution in [0.5, 0.6) is 0 Å². The number of hydrogen-bond donors (Lipinski definition) is 1. The fourth-order valence-corrected chi connectivity index (χ4v) is 3.13. The summed E-state index contributed by atoms with van der Waals surface area (Å²) in [5.41, 5.74) is 6.40. The molecule has 0 aliphatic carbocycles. The highest BCUT2D eigenvalue weighted by atomic mass is 16.1. The number of nitrogens with zero attached hydrogens (tertiary/aromatic N) is 1. The van der Waals surface area contributed by atoms with Crippen LogP contribution in [-0.2, 0) is 6.42 Å². The second-order valence-electron chi connectivity index (χ2n) is 5.19. The van der Waals surface area contributed by atoms with E-state index in [-0.39, 0.29) is 5.91 Å². The van der Waals surface area contributed by atoms with Crippen LogP contribution < -0.4 is 10.2 Å². The van der Waals surface area contributed by atoms with Crippen LogP contribution in [0.1, 0.15) is 21.5 Å². The summed E-state index contributed by atoms with van der Waals surface area (Å²) in [4.78, 5) is 14.6. The number of para-hydroxylation sites is 1. The lowest BCUT2D eigenvalue weighted by Gasteiger charge is -2.20. The van der Waals surface area contributed by atoms with Crippen molar-refractivity contribution in [2.45, 2.75) is 13.3 Å². The molecule has 0 radical (unpaired) electrons. The molecule has 2 aliphatic rings. The van der Waals surface area contributed by atoms with E-state index in [1.807, 2.05) is 24.3 Å². The van der Waals surface area contributed by atoms with Crippen molar-refractivity contribution in [2.24, 2.45) is 0 Å². The lowest BCUT2D eigenvalue weighted by atomic mass is 10.1. The molecule has 0 saturated carbocycles. The number of benzene rings is 2. The summed E-state index contributed by atoms with van der Waals surface area (Å²) < 4.78 is 0. The topological polar surface area (TPSA) is 32.3 Å². The first-order chi connectivity index (χ1) is 9.24. The van der Waals surface area contributed by atoms with Gasteiger partial charge in [0.25, 0.3) is 5.91 Å². The third kappa shape index (κ3) is 1.41. The van der Waals surface area contributed by atoms with E-state index in [0.29, 0.717) is 0 Å². The maximum atomic E-state index is 12.3. The third-order valence-electron chi connectivity index (χ3n) is 3.90. The fourth-order valence-electron chi connectivity index (χ4n) is 3.13. The Bertz CT molecular complexity index is 706. The van der Waals surface area contributed by atoms with Crippen molar-refractivity contribution >= 4 is 23.0 Å². The van der Waals surface area contributed by atoms with Crippen LogP contribution in [0.25, 0.3) is 0 Å². The molecule has 1 N–H and O–H groups in total. The molecule has 2 aromatic rings. The van der Waals surface area contributed by atoms with Crippen molar-refractivity contribution in [3.8, 4) is 0 Å². The van der Waals surface area contributed by atoms with E-state index in [2.05, 4.69) is 29.3 Å². The molecule has 94 valence electrons. The van der Waals surface area contributed by atoms with Gasteiger partial charge in [0.15, 0.2) is 0 Å². The van der Waals surface area contributed by atoms with Crippen molar-refractivity contribution in [3.05, 3.63) is 53.1 Å². The molecular weight excluding hydrogens is 236 g/mol. The molecule has 0 bridgehead atoms. The smallest absolute Gasteiger partial charge is 0.257 e. The highest BCUT2D eigenvalue weighted by molar-refractivity contribution is 6.13. The summed E-state index contributed by atoms with van der Waals surface area (Å²) in [6.07, 6.45) is 1.04. The molecule has 2 aliphatic heterocycles. The first-order valence-electron chi connectivity index (χ1n) is 6.55. The number of hydrogen-bond acceptors (Lipinski definition) is 2. The minimum atomic E-state index is -0.0159. The zero-order chi connectivity index (χ0) is 13.0. The zero-order valence-corrected chi connectivity index (χ0v) is 10.7. The van der Waals surface area contributed by atoms with Crippen molar-refractivity contribution in [2.75, 3.05) is 16.8 Å². The molecule has 2 aromatic carbocycles. The first-order valence-corrected chi connectivity index (χ1v) is 6.55. The van der Waals surface area contributed by atoms with E-state index in [1.54, 1.807) is 0 Å². The minimum absolute atomic E-state index is 0.0159. The maximum Gasteiger partial charge on any atom is 0.257 e. The molecule has 4 rings (SSSR count). The zero-order valence-electron chi connectivity index (χ0n) is 10.7. The number of fused-ring (bicyclic) bond motifs is 2. The predicted molar refractivity (Wildman–Crippen MR) is 76.3 cm³/mol. The highest BCUT2D eigenvalue weighted by Gasteiger charge is 2.30. The second kappa shape index (κ2) is 3.60. The molecule has 1 amide bonds. The third-order valence-corrected chi connectivity index (χ3v) is 3.90. The molecule has 0 spiro atoms. The van der Waals surface area contributed by atoms with Crippen molar-refractivity contribution < 1.29 is 4.79 Å². The Kier molecular flexibility index (Phi) is 2.01. The van der Waals surface area contributed by atoms with Gasteiger partial charge in [-0.2, -0.15) is 0 Å². The minimum Gasteiger partial charge on any atom is -0.339 e. The molecule has 19 heavy (non-hydrogen) atoms. The molecule has 0 unspecified atom stereocenters. The van der Waals surface area contributed by atoms with Crippen LogP contribution in [0.3, 0.4) is 0 Å². The molecule has 0 fully saturated rings. The van der Waals surface area contributed by atoms with Crippen molar-refractivity contribution in [3.63, 3.8) is 0 Å². The van der Waals surface area contributed by atoms with Gasteiger partial charge in [0, 0.05) is 6.54 Å². The summed E-state index contributed by atoms with van der Waals surface area (Å²) in [5, 5.41) is 3.05. The van der Waals surface area contributed by atoms with Gasteiger partial charge in [0.1, 0.15) is 0 Å². The van der Waals surface area contributed by atoms with Gasteiger partial charge in [-0.3, -0.25) is 4.79 Å². The molecule has 0 saturated heterocycles. The predicted octanol–water partition coefficient (Wildman–Crippen LogP) is 3.25. The second-order valence-corrected chi connectivity index (χ2v) is 5.19. The highest BCUT2D eigenvalue weighted by Crippen LogP contribution is 2.44. The summed E-state index contributed by atoms with van der Waals surface area (Å²) in [6, 6.07) is 12.1. The van der Waals surface area contributed by atoms with Gasteiger partial charge < -0.3 is 10.2 Å². The Hall–Kier alpha value is -2.29. The van der Waals surface area contributed by atoms with Crippen LogP contribution in [-0.4, -0.2) is 12.5 Å². The van der Waals surface area contributed by atoms with E-state index < -0.39 is 0 Å². The fraction of sp³-hybridized carbons (Fsp3) is 0.188. The Balaban J connectivity index is 2.03. The van der Waals surface area contributed by atoms with Crippen molar-refractivity contribution in [1.82, 2.24) is 0 Å². The number of anilines is 3. The summed E-state index contributed by atoms with van der Waals surface area (Å²) in [7, 11) is 0. The number of aryl methyl sites for hydroxylation is 1. The number of rotatable bonds is 0. The van der Waals surface area contributed by atoms with Crippen LogP contribution in [0.15, 0.2) is 36.4 Å². The van der Waals surface area contributed by atoms with E-state index in [9.17, 15) is 4.79 Å². The average Bonchev–Trinajstić information content (AvgIpc) is 2.77. The van der Waals surface area contributed by atoms with Crippen molar-refractivity contribution in [1.29, 1.82) is 0 Å². The monoisotopic (exact) mass is 250 g/mol. The Labute approximate surface area is 111 Å². The quantitative estimate of drug-likeness (QED) is 0.778. The van der Waals surface area contributed by atoms with Gasteiger partial charge in [0.2, 0.25) is 0 Å². The van der Waals surface area contributed by atoms with Gasteiger partial charge in [0.05, 0.1) is 22.6 Å². The van der Waals surface area contributed by atoms with Crippen LogP contribution in [0.4, 0.5) is 17.1 Å². The first kappa shape index (κ1) is 10.6. The number of amides is 1. The Morgan fingerprint density at radius 3 is 2.95 bits per heavy atom. The number of carbonyl (C=O) groups is 1. The van der Waals surface area contributed by atoms with Gasteiger partial charge >= 0.3 is 0 Å². The van der Waals surface area contributed by atoms with Crippen LogP contribution >= 0.6 is 0 Å². The van der Waals surface area contributed by atoms with Gasteiger partial charge in [-0.25, -0.2) is 0 Å². The maximum absolute atomic E-state index is 12.3. The van der Waals surface area contributed by atoms with E-state index in [0.717, 1.165) is 29.9 Å². The van der Waals surface area contributed by atoms with Crippen LogP contribution in [0.2, 0.25) is 0 Å². The van der Waals surface area contributed by atoms with E-state index in [4.69, 9.17) is 0 Å². The summed E-state index contributed by atoms with van der Waals surface area (Å²) in [5.74, 6) is -0.0159. The summed E-state index contributed by atoms with van der Waals surface area (Å²) in [6.45, 7) is 3.02. The molecule has 3 heteroatoms. The largest absolute Gasteiger partial charge is 0.339 e. The number of carbonyl (C=O) groups excluding carboxylic acids is 1. The lowest BCUT2D eigenvalue weighted by Crippen LogP contribution is -2.15. The van der Waals surface area contributed by atoms with E-state index >= 15 is 0 Å². The van der Waals surface area contributed by atoms with Gasteiger partial charge in [-0.05, 0) is 42.7 Å². The number of nitrogens with one attached hydrogen (secondary N) is 1. The standard InChI is InChI=1S/C16H14N2O/c1-10-8-11-6-7-18-14-5-3-2-4-12(14)16(19)17-13(9-10)15(11)18/h2-5,8-9H,6-7H2,1H3,(H,17,19). The summed E-state index contributed by atoms with van der Waals surface area (Å²) >= 11 is 0. The van der Waals surface area contributed by atoms with Gasteiger partial charge in [-0.15, -0.1) is 0 Å². The van der Waals surface area contributed by atoms with E-state index in [1.165, 1.54) is 16.8 Å². The van der Waals surface area contributed by atoms with Gasteiger partial charge in [-0.1, -0.05) is 18.2 Å². The SMILES string of the molecule is Cc1cc2c3c(c1)NC(=O)c1ccccc1N3CC2.